The lowest BCUT2D eigenvalue weighted by Gasteiger charge is -2.33. The number of carbonyl (C=O) groups is 1. The molecule has 1 aromatic rings. The van der Waals surface area contributed by atoms with Crippen molar-refractivity contribution in [3.63, 3.8) is 0 Å². The van der Waals surface area contributed by atoms with E-state index in [1.54, 1.807) is 0 Å². The molecule has 0 N–H and O–H groups in total. The number of rotatable bonds is 4. The highest BCUT2D eigenvalue weighted by Crippen LogP contribution is 2.33. The first-order chi connectivity index (χ1) is 9.81. The molecule has 1 fully saturated rings. The van der Waals surface area contributed by atoms with Gasteiger partial charge in [0.2, 0.25) is 0 Å². The molecule has 0 bridgehead atoms. The average Bonchev–Trinajstić information content (AvgIpc) is 2.36. The first-order valence-electron chi connectivity index (χ1n) is 6.36. The Balaban J connectivity index is 1.86. The van der Waals surface area contributed by atoms with Gasteiger partial charge in [0, 0.05) is 5.56 Å². The predicted molar refractivity (Wildman–Crippen MR) is 64.7 cm³/mol. The van der Waals surface area contributed by atoms with Gasteiger partial charge in [-0.2, -0.15) is 13.2 Å². The zero-order chi connectivity index (χ0) is 15.6. The Morgan fingerprint density at radius 2 is 2.00 bits per heavy atom. The Labute approximate surface area is 118 Å². The minimum Gasteiger partial charge on any atom is -0.469 e. The third-order valence-electron chi connectivity index (χ3n) is 3.48. The molecule has 0 saturated heterocycles. The van der Waals surface area contributed by atoms with Crippen LogP contribution in [0.15, 0.2) is 18.2 Å². The molecule has 0 amide bonds. The predicted octanol–water partition coefficient (Wildman–Crippen LogP) is 3.31. The Morgan fingerprint density at radius 3 is 2.52 bits per heavy atom. The van der Waals surface area contributed by atoms with Crippen LogP contribution in [0.25, 0.3) is 0 Å². The van der Waals surface area contributed by atoms with Gasteiger partial charge in [-0.3, -0.25) is 4.79 Å². The lowest BCUT2D eigenvalue weighted by atomic mass is 9.82. The second-order valence-electron chi connectivity index (χ2n) is 4.93. The lowest BCUT2D eigenvalue weighted by Crippen LogP contribution is -2.36. The van der Waals surface area contributed by atoms with Crippen LogP contribution in [0, 0.1) is 11.7 Å². The van der Waals surface area contributed by atoms with E-state index >= 15 is 0 Å². The SMILES string of the molecule is COC(=O)C1CC(OCc2ccc(C(F)(F)F)cc2F)C1. The number of hydrogen-bond donors (Lipinski definition) is 0. The van der Waals surface area contributed by atoms with Gasteiger partial charge in [0.15, 0.2) is 0 Å². The third-order valence-corrected chi connectivity index (χ3v) is 3.48. The topological polar surface area (TPSA) is 35.5 Å². The van der Waals surface area contributed by atoms with Gasteiger partial charge in [-0.1, -0.05) is 6.07 Å². The molecule has 2 rings (SSSR count). The van der Waals surface area contributed by atoms with E-state index in [2.05, 4.69) is 4.74 Å². The summed E-state index contributed by atoms with van der Waals surface area (Å²) in [7, 11) is 1.30. The van der Waals surface area contributed by atoms with Crippen molar-refractivity contribution in [1.29, 1.82) is 0 Å². The van der Waals surface area contributed by atoms with Crippen LogP contribution in [0.2, 0.25) is 0 Å². The molecule has 0 aromatic heterocycles. The highest BCUT2D eigenvalue weighted by atomic mass is 19.4. The van der Waals surface area contributed by atoms with Crippen LogP contribution in [0.4, 0.5) is 17.6 Å². The summed E-state index contributed by atoms with van der Waals surface area (Å²) in [6.07, 6.45) is -3.80. The standard InChI is InChI=1S/C14H14F4O3/c1-20-13(19)9-4-11(5-9)21-7-8-2-3-10(6-12(8)15)14(16,17)18/h2-3,6,9,11H,4-5,7H2,1H3. The molecule has 0 spiro atoms. The molecule has 0 atom stereocenters. The summed E-state index contributed by atoms with van der Waals surface area (Å²) in [6, 6.07) is 2.34. The monoisotopic (exact) mass is 306 g/mol. The van der Waals surface area contributed by atoms with Crippen LogP contribution >= 0.6 is 0 Å². The maximum Gasteiger partial charge on any atom is 0.416 e. The van der Waals surface area contributed by atoms with Crippen LogP contribution in [-0.4, -0.2) is 19.2 Å². The second kappa shape index (κ2) is 6.01. The van der Waals surface area contributed by atoms with Crippen molar-refractivity contribution in [3.8, 4) is 0 Å². The van der Waals surface area contributed by atoms with Crippen molar-refractivity contribution < 1.29 is 31.8 Å². The molecule has 116 valence electrons. The van der Waals surface area contributed by atoms with Gasteiger partial charge < -0.3 is 9.47 Å². The second-order valence-corrected chi connectivity index (χ2v) is 4.93. The van der Waals surface area contributed by atoms with Crippen molar-refractivity contribution in [3.05, 3.63) is 35.1 Å². The summed E-state index contributed by atoms with van der Waals surface area (Å²) in [4.78, 5) is 11.2. The van der Waals surface area contributed by atoms with E-state index in [1.165, 1.54) is 7.11 Å². The van der Waals surface area contributed by atoms with E-state index in [4.69, 9.17) is 4.74 Å². The van der Waals surface area contributed by atoms with Crippen molar-refractivity contribution in [2.45, 2.75) is 31.7 Å². The normalized spacial score (nSPS) is 21.8. The van der Waals surface area contributed by atoms with Crippen LogP contribution in [0.3, 0.4) is 0 Å². The molecule has 1 aliphatic carbocycles. The van der Waals surface area contributed by atoms with Crippen molar-refractivity contribution in [2.75, 3.05) is 7.11 Å². The molecule has 1 aliphatic rings. The van der Waals surface area contributed by atoms with E-state index < -0.39 is 17.6 Å². The number of hydrogen-bond acceptors (Lipinski definition) is 3. The van der Waals surface area contributed by atoms with Crippen molar-refractivity contribution >= 4 is 5.97 Å². The first-order valence-corrected chi connectivity index (χ1v) is 6.36. The number of ether oxygens (including phenoxy) is 2. The van der Waals surface area contributed by atoms with Crippen molar-refractivity contribution in [2.24, 2.45) is 5.92 Å². The Morgan fingerprint density at radius 1 is 1.33 bits per heavy atom. The molecule has 0 unspecified atom stereocenters. The molecular weight excluding hydrogens is 292 g/mol. The van der Waals surface area contributed by atoms with Gasteiger partial charge in [-0.25, -0.2) is 4.39 Å². The minimum atomic E-state index is -4.57. The average molecular weight is 306 g/mol. The van der Waals surface area contributed by atoms with Crippen LogP contribution in [-0.2, 0) is 27.1 Å². The number of benzene rings is 1. The number of alkyl halides is 3. The highest BCUT2D eigenvalue weighted by Gasteiger charge is 2.36. The fraction of sp³-hybridized carbons (Fsp3) is 0.500. The van der Waals surface area contributed by atoms with E-state index in [9.17, 15) is 22.4 Å². The molecule has 3 nitrogen and oxygen atoms in total. The Bertz CT molecular complexity index is 521. The number of carbonyl (C=O) groups excluding carboxylic acids is 1. The summed E-state index contributed by atoms with van der Waals surface area (Å²) in [5.74, 6) is -1.47. The van der Waals surface area contributed by atoms with Gasteiger partial charge in [-0.05, 0) is 25.0 Å². The highest BCUT2D eigenvalue weighted by molar-refractivity contribution is 5.73. The molecule has 1 aromatic carbocycles. The fourth-order valence-electron chi connectivity index (χ4n) is 2.11. The van der Waals surface area contributed by atoms with E-state index in [0.29, 0.717) is 18.9 Å². The fourth-order valence-corrected chi connectivity index (χ4v) is 2.11. The summed E-state index contributed by atoms with van der Waals surface area (Å²) in [6.45, 7) is -0.122. The molecule has 0 aliphatic heterocycles. The number of esters is 1. The Kier molecular flexibility index (Phi) is 4.51. The number of methoxy groups -OCH3 is 1. The summed E-state index contributed by atoms with van der Waals surface area (Å²) in [5.41, 5.74) is -0.970. The van der Waals surface area contributed by atoms with E-state index in [-0.39, 0.29) is 30.2 Å². The molecule has 21 heavy (non-hydrogen) atoms. The van der Waals surface area contributed by atoms with Gasteiger partial charge in [0.05, 0.1) is 31.3 Å². The zero-order valence-electron chi connectivity index (χ0n) is 11.2. The summed E-state index contributed by atoms with van der Waals surface area (Å²) < 4.78 is 60.7. The zero-order valence-corrected chi connectivity index (χ0v) is 11.2. The maximum absolute atomic E-state index is 13.6. The van der Waals surface area contributed by atoms with Crippen LogP contribution in [0.5, 0.6) is 0 Å². The molecule has 7 heteroatoms. The smallest absolute Gasteiger partial charge is 0.416 e. The largest absolute Gasteiger partial charge is 0.469 e. The molecule has 0 radical (unpaired) electrons. The lowest BCUT2D eigenvalue weighted by molar-refractivity contribution is -0.155. The maximum atomic E-state index is 13.6. The van der Waals surface area contributed by atoms with Gasteiger partial charge in [-0.15, -0.1) is 0 Å². The van der Waals surface area contributed by atoms with Gasteiger partial charge >= 0.3 is 12.1 Å². The third kappa shape index (κ3) is 3.72. The van der Waals surface area contributed by atoms with E-state index in [0.717, 1.165) is 12.1 Å². The molecule has 1 saturated carbocycles. The van der Waals surface area contributed by atoms with Gasteiger partial charge in [0.1, 0.15) is 5.82 Å². The van der Waals surface area contributed by atoms with Crippen LogP contribution < -0.4 is 0 Å². The number of halogens is 4. The van der Waals surface area contributed by atoms with Crippen molar-refractivity contribution in [1.82, 2.24) is 0 Å². The Hall–Kier alpha value is -1.63. The first kappa shape index (κ1) is 15.8. The van der Waals surface area contributed by atoms with E-state index in [1.807, 2.05) is 0 Å². The summed E-state index contributed by atoms with van der Waals surface area (Å²) in [5, 5.41) is 0. The summed E-state index contributed by atoms with van der Waals surface area (Å²) >= 11 is 0. The van der Waals surface area contributed by atoms with Gasteiger partial charge in [0.25, 0.3) is 0 Å². The molecular formula is C14H14F4O3. The molecule has 0 heterocycles. The quantitative estimate of drug-likeness (QED) is 0.632. The minimum absolute atomic E-state index is 0.0597. The van der Waals surface area contributed by atoms with Crippen LogP contribution in [0.1, 0.15) is 24.0 Å².